The maximum absolute atomic E-state index is 13.0. The van der Waals surface area contributed by atoms with Crippen LogP contribution in [-0.4, -0.2) is 25.1 Å². The summed E-state index contributed by atoms with van der Waals surface area (Å²) in [5.41, 5.74) is 1.21. The molecule has 0 radical (unpaired) electrons. The molecule has 2 rings (SSSR count). The molecule has 0 saturated carbocycles. The average molecular weight is 380 g/mol. The van der Waals surface area contributed by atoms with E-state index in [1.54, 1.807) is 18.2 Å². The van der Waals surface area contributed by atoms with Crippen LogP contribution < -0.4 is 10.1 Å². The van der Waals surface area contributed by atoms with Gasteiger partial charge in [-0.05, 0) is 55.3 Å². The normalized spacial score (nSPS) is 10.3. The van der Waals surface area contributed by atoms with Gasteiger partial charge in [0.15, 0.2) is 6.61 Å². The van der Waals surface area contributed by atoms with Gasteiger partial charge < -0.3 is 14.8 Å². The lowest BCUT2D eigenvalue weighted by atomic mass is 10.2. The van der Waals surface area contributed by atoms with Crippen molar-refractivity contribution in [2.75, 3.05) is 18.5 Å². The van der Waals surface area contributed by atoms with Crippen molar-refractivity contribution >= 4 is 29.2 Å². The Morgan fingerprint density at radius 1 is 1.19 bits per heavy atom. The second-order valence-corrected chi connectivity index (χ2v) is 5.99. The van der Waals surface area contributed by atoms with Crippen LogP contribution in [0.1, 0.15) is 18.4 Å². The number of halogens is 2. The van der Waals surface area contributed by atoms with E-state index in [4.69, 9.17) is 21.1 Å². The summed E-state index contributed by atoms with van der Waals surface area (Å²) < 4.78 is 23.4. The average Bonchev–Trinajstić information content (AvgIpc) is 2.60. The van der Waals surface area contributed by atoms with Crippen LogP contribution in [0.25, 0.3) is 0 Å². The molecule has 1 N–H and O–H groups in total. The van der Waals surface area contributed by atoms with E-state index in [2.05, 4.69) is 5.32 Å². The lowest BCUT2D eigenvalue weighted by Crippen LogP contribution is -2.21. The van der Waals surface area contributed by atoms with Gasteiger partial charge >= 0.3 is 5.97 Å². The van der Waals surface area contributed by atoms with Gasteiger partial charge in [0.2, 0.25) is 0 Å². The van der Waals surface area contributed by atoms with Gasteiger partial charge in [0.1, 0.15) is 11.6 Å². The Morgan fingerprint density at radius 2 is 2.00 bits per heavy atom. The largest absolute Gasteiger partial charge is 0.494 e. The second kappa shape index (κ2) is 9.77. The molecule has 7 heteroatoms. The van der Waals surface area contributed by atoms with Crippen LogP contribution in [0.4, 0.5) is 10.1 Å². The number of aryl methyl sites for hydroxylation is 1. The molecule has 2 aromatic carbocycles. The van der Waals surface area contributed by atoms with Gasteiger partial charge in [0.25, 0.3) is 5.91 Å². The molecule has 26 heavy (non-hydrogen) atoms. The number of esters is 1. The zero-order valence-corrected chi connectivity index (χ0v) is 15.0. The number of ether oxygens (including phenoxy) is 2. The fourth-order valence-corrected chi connectivity index (χ4v) is 2.21. The molecule has 0 aliphatic rings. The summed E-state index contributed by atoms with van der Waals surface area (Å²) in [4.78, 5) is 23.3. The molecule has 138 valence electrons. The maximum Gasteiger partial charge on any atom is 0.306 e. The molecule has 0 fully saturated rings. The SMILES string of the molecule is Cc1cc(OCCCC(=O)OCC(=O)Nc2cccc(F)c2)ccc1Cl. The highest BCUT2D eigenvalue weighted by molar-refractivity contribution is 6.31. The summed E-state index contributed by atoms with van der Waals surface area (Å²) in [5, 5.41) is 3.11. The lowest BCUT2D eigenvalue weighted by molar-refractivity contribution is -0.147. The lowest BCUT2D eigenvalue weighted by Gasteiger charge is -2.08. The monoisotopic (exact) mass is 379 g/mol. The Bertz CT molecular complexity index is 782. The second-order valence-electron chi connectivity index (χ2n) is 5.58. The van der Waals surface area contributed by atoms with Crippen molar-refractivity contribution in [1.29, 1.82) is 0 Å². The Morgan fingerprint density at radius 3 is 2.73 bits per heavy atom. The summed E-state index contributed by atoms with van der Waals surface area (Å²) >= 11 is 5.93. The first-order valence-corrected chi connectivity index (χ1v) is 8.42. The molecule has 0 heterocycles. The number of amides is 1. The minimum Gasteiger partial charge on any atom is -0.494 e. The number of carbonyl (C=O) groups excluding carboxylic acids is 2. The topological polar surface area (TPSA) is 64.6 Å². The minimum atomic E-state index is -0.531. The van der Waals surface area contributed by atoms with E-state index in [9.17, 15) is 14.0 Å². The van der Waals surface area contributed by atoms with E-state index in [1.165, 1.54) is 18.2 Å². The van der Waals surface area contributed by atoms with Gasteiger partial charge in [-0.15, -0.1) is 0 Å². The molecule has 0 saturated heterocycles. The third-order valence-corrected chi connectivity index (χ3v) is 3.82. The van der Waals surface area contributed by atoms with Gasteiger partial charge in [-0.3, -0.25) is 9.59 Å². The summed E-state index contributed by atoms with van der Waals surface area (Å²) in [6.45, 7) is 1.79. The third-order valence-electron chi connectivity index (χ3n) is 3.40. The minimum absolute atomic E-state index is 0.125. The van der Waals surface area contributed by atoms with Crippen molar-refractivity contribution in [3.05, 3.63) is 58.9 Å². The molecule has 0 spiro atoms. The quantitative estimate of drug-likeness (QED) is 0.553. The number of nitrogens with one attached hydrogen (secondary N) is 1. The van der Waals surface area contributed by atoms with E-state index in [1.807, 2.05) is 13.0 Å². The van der Waals surface area contributed by atoms with Gasteiger partial charge in [-0.25, -0.2) is 4.39 Å². The van der Waals surface area contributed by atoms with Crippen LogP contribution >= 0.6 is 11.6 Å². The first kappa shape index (κ1) is 19.7. The number of benzene rings is 2. The van der Waals surface area contributed by atoms with Crippen molar-refractivity contribution in [3.8, 4) is 5.75 Å². The molecule has 0 bridgehead atoms. The number of hydrogen-bond acceptors (Lipinski definition) is 4. The number of anilines is 1. The molecular weight excluding hydrogens is 361 g/mol. The number of carbonyl (C=O) groups is 2. The molecule has 0 unspecified atom stereocenters. The fourth-order valence-electron chi connectivity index (χ4n) is 2.10. The Hall–Kier alpha value is -2.60. The van der Waals surface area contributed by atoms with Gasteiger partial charge in [0, 0.05) is 17.1 Å². The van der Waals surface area contributed by atoms with Crippen molar-refractivity contribution in [1.82, 2.24) is 0 Å². The van der Waals surface area contributed by atoms with Gasteiger partial charge in [-0.2, -0.15) is 0 Å². The van der Waals surface area contributed by atoms with Crippen LogP contribution in [0.2, 0.25) is 5.02 Å². The van der Waals surface area contributed by atoms with Crippen LogP contribution in [0.3, 0.4) is 0 Å². The van der Waals surface area contributed by atoms with E-state index < -0.39 is 24.3 Å². The Labute approximate surface area is 156 Å². The van der Waals surface area contributed by atoms with E-state index in [-0.39, 0.29) is 6.42 Å². The molecule has 1 amide bonds. The van der Waals surface area contributed by atoms with Crippen LogP contribution in [0, 0.1) is 12.7 Å². The highest BCUT2D eigenvalue weighted by Gasteiger charge is 2.08. The van der Waals surface area contributed by atoms with Gasteiger partial charge in [-0.1, -0.05) is 17.7 Å². The van der Waals surface area contributed by atoms with Crippen molar-refractivity contribution in [2.45, 2.75) is 19.8 Å². The maximum atomic E-state index is 13.0. The molecule has 5 nitrogen and oxygen atoms in total. The molecule has 0 atom stereocenters. The number of rotatable bonds is 8. The summed E-state index contributed by atoms with van der Waals surface area (Å²) in [7, 11) is 0. The fraction of sp³-hybridized carbons (Fsp3) is 0.263. The molecule has 0 aliphatic carbocycles. The molecule has 0 aliphatic heterocycles. The van der Waals surface area contributed by atoms with Crippen molar-refractivity contribution < 1.29 is 23.5 Å². The first-order chi connectivity index (χ1) is 12.4. The summed E-state index contributed by atoms with van der Waals surface area (Å²) in [5.74, 6) is -0.822. The third kappa shape index (κ3) is 6.72. The van der Waals surface area contributed by atoms with E-state index in [0.29, 0.717) is 29.5 Å². The predicted molar refractivity (Wildman–Crippen MR) is 96.9 cm³/mol. The zero-order chi connectivity index (χ0) is 18.9. The molecule has 2 aromatic rings. The standard InChI is InChI=1S/C19H19ClFNO4/c1-13-10-16(7-8-17(13)20)25-9-3-6-19(24)26-12-18(23)22-15-5-2-4-14(21)11-15/h2,4-5,7-8,10-11H,3,6,9,12H2,1H3,(H,22,23). The van der Waals surface area contributed by atoms with E-state index >= 15 is 0 Å². The zero-order valence-electron chi connectivity index (χ0n) is 14.3. The van der Waals surface area contributed by atoms with Crippen LogP contribution in [0.15, 0.2) is 42.5 Å². The van der Waals surface area contributed by atoms with E-state index in [0.717, 1.165) is 5.56 Å². The summed E-state index contributed by atoms with van der Waals surface area (Å²) in [6.07, 6.45) is 0.575. The van der Waals surface area contributed by atoms with Crippen LogP contribution in [-0.2, 0) is 14.3 Å². The Balaban J connectivity index is 1.62. The van der Waals surface area contributed by atoms with Gasteiger partial charge in [0.05, 0.1) is 6.61 Å². The Kier molecular flexibility index (Phi) is 7.41. The molecular formula is C19H19ClFNO4. The highest BCUT2D eigenvalue weighted by Crippen LogP contribution is 2.21. The highest BCUT2D eigenvalue weighted by atomic mass is 35.5. The smallest absolute Gasteiger partial charge is 0.306 e. The first-order valence-electron chi connectivity index (χ1n) is 8.04. The van der Waals surface area contributed by atoms with Crippen LogP contribution in [0.5, 0.6) is 5.75 Å². The number of hydrogen-bond donors (Lipinski definition) is 1. The molecule has 0 aromatic heterocycles. The van der Waals surface area contributed by atoms with Crippen molar-refractivity contribution in [2.24, 2.45) is 0 Å². The van der Waals surface area contributed by atoms with Crippen molar-refractivity contribution in [3.63, 3.8) is 0 Å². The summed E-state index contributed by atoms with van der Waals surface area (Å²) in [6, 6.07) is 10.8. The predicted octanol–water partition coefficient (Wildman–Crippen LogP) is 4.13.